The maximum atomic E-state index is 12.6. The summed E-state index contributed by atoms with van der Waals surface area (Å²) in [6.07, 6.45) is 2.68. The van der Waals surface area contributed by atoms with E-state index in [9.17, 15) is 14.4 Å². The molecular weight excluding hydrogens is 400 g/mol. The standard InChI is InChI=1S/C23H24N2O4S/c1-4-16(3)29-18-11-9-17(10-12-18)13-20-22(27)25(23(28)30-20)14-21(26)24-19-8-6-5-7-15(19)2/h5-13,16H,4,14H2,1-3H3,(H,24,26). The van der Waals surface area contributed by atoms with Crippen LogP contribution in [0.2, 0.25) is 0 Å². The minimum Gasteiger partial charge on any atom is -0.491 e. The Bertz CT molecular complexity index is 985. The van der Waals surface area contributed by atoms with Crippen LogP contribution in [0.25, 0.3) is 6.08 Å². The number of hydrogen-bond acceptors (Lipinski definition) is 5. The zero-order valence-corrected chi connectivity index (χ0v) is 18.0. The zero-order valence-electron chi connectivity index (χ0n) is 17.2. The first-order valence-corrected chi connectivity index (χ1v) is 10.6. The lowest BCUT2D eigenvalue weighted by Crippen LogP contribution is -2.36. The number of thioether (sulfide) groups is 1. The van der Waals surface area contributed by atoms with E-state index < -0.39 is 17.1 Å². The first-order valence-electron chi connectivity index (χ1n) is 9.75. The van der Waals surface area contributed by atoms with Crippen molar-refractivity contribution in [2.45, 2.75) is 33.3 Å². The Morgan fingerprint density at radius 1 is 1.17 bits per heavy atom. The van der Waals surface area contributed by atoms with E-state index in [-0.39, 0.29) is 12.6 Å². The van der Waals surface area contributed by atoms with E-state index in [1.54, 1.807) is 12.1 Å². The van der Waals surface area contributed by atoms with Gasteiger partial charge in [-0.1, -0.05) is 37.3 Å². The highest BCUT2D eigenvalue weighted by Crippen LogP contribution is 2.32. The summed E-state index contributed by atoms with van der Waals surface area (Å²) in [6, 6.07) is 14.6. The van der Waals surface area contributed by atoms with Crippen molar-refractivity contribution in [2.24, 2.45) is 0 Å². The van der Waals surface area contributed by atoms with Gasteiger partial charge in [-0.05, 0) is 67.4 Å². The van der Waals surface area contributed by atoms with Crippen LogP contribution < -0.4 is 10.1 Å². The van der Waals surface area contributed by atoms with Crippen LogP contribution in [-0.4, -0.2) is 34.6 Å². The molecule has 0 spiro atoms. The number of para-hydroxylation sites is 1. The van der Waals surface area contributed by atoms with Crippen molar-refractivity contribution in [2.75, 3.05) is 11.9 Å². The van der Waals surface area contributed by atoms with E-state index >= 15 is 0 Å². The molecule has 0 aliphatic carbocycles. The quantitative estimate of drug-likeness (QED) is 0.643. The van der Waals surface area contributed by atoms with Crippen molar-refractivity contribution in [3.8, 4) is 5.75 Å². The van der Waals surface area contributed by atoms with Gasteiger partial charge in [0.05, 0.1) is 11.0 Å². The van der Waals surface area contributed by atoms with Crippen LogP contribution in [0.4, 0.5) is 10.5 Å². The molecule has 1 unspecified atom stereocenters. The van der Waals surface area contributed by atoms with Gasteiger partial charge < -0.3 is 10.1 Å². The number of imide groups is 1. The highest BCUT2D eigenvalue weighted by atomic mass is 32.2. The fraction of sp³-hybridized carbons (Fsp3) is 0.261. The summed E-state index contributed by atoms with van der Waals surface area (Å²) in [5.41, 5.74) is 2.34. The van der Waals surface area contributed by atoms with E-state index in [0.29, 0.717) is 10.6 Å². The molecule has 0 bridgehead atoms. The second-order valence-corrected chi connectivity index (χ2v) is 8.03. The number of aryl methyl sites for hydroxylation is 1. The average Bonchev–Trinajstić information content (AvgIpc) is 2.98. The summed E-state index contributed by atoms with van der Waals surface area (Å²) >= 11 is 0.834. The highest BCUT2D eigenvalue weighted by Gasteiger charge is 2.36. The number of nitrogens with zero attached hydrogens (tertiary/aromatic N) is 1. The predicted octanol–water partition coefficient (Wildman–Crippen LogP) is 4.85. The van der Waals surface area contributed by atoms with Crippen LogP contribution in [0.5, 0.6) is 5.75 Å². The fourth-order valence-electron chi connectivity index (χ4n) is 2.79. The Morgan fingerprint density at radius 3 is 2.53 bits per heavy atom. The van der Waals surface area contributed by atoms with Crippen LogP contribution in [0, 0.1) is 6.92 Å². The number of amides is 3. The van der Waals surface area contributed by atoms with Crippen molar-refractivity contribution in [1.82, 2.24) is 4.90 Å². The van der Waals surface area contributed by atoms with Crippen molar-refractivity contribution >= 4 is 40.6 Å². The summed E-state index contributed by atoms with van der Waals surface area (Å²) < 4.78 is 5.75. The molecule has 1 aliphatic rings. The first-order chi connectivity index (χ1) is 14.4. The molecule has 1 saturated heterocycles. The molecule has 0 radical (unpaired) electrons. The highest BCUT2D eigenvalue weighted by molar-refractivity contribution is 8.18. The van der Waals surface area contributed by atoms with Gasteiger partial charge in [-0.3, -0.25) is 19.3 Å². The number of ether oxygens (including phenoxy) is 1. The van der Waals surface area contributed by atoms with Crippen LogP contribution >= 0.6 is 11.8 Å². The molecule has 1 fully saturated rings. The minimum absolute atomic E-state index is 0.123. The Labute approximate surface area is 180 Å². The molecule has 156 valence electrons. The van der Waals surface area contributed by atoms with Gasteiger partial charge in [0.15, 0.2) is 0 Å². The number of hydrogen-bond donors (Lipinski definition) is 1. The van der Waals surface area contributed by atoms with Crippen LogP contribution in [0.15, 0.2) is 53.4 Å². The van der Waals surface area contributed by atoms with Crippen LogP contribution in [-0.2, 0) is 9.59 Å². The predicted molar refractivity (Wildman–Crippen MR) is 119 cm³/mol. The molecule has 7 heteroatoms. The first kappa shape index (κ1) is 21.6. The second kappa shape index (κ2) is 9.63. The van der Waals surface area contributed by atoms with Crippen LogP contribution in [0.3, 0.4) is 0 Å². The Kier molecular flexibility index (Phi) is 6.95. The lowest BCUT2D eigenvalue weighted by molar-refractivity contribution is -0.127. The molecule has 6 nitrogen and oxygen atoms in total. The molecule has 2 aromatic carbocycles. The fourth-order valence-corrected chi connectivity index (χ4v) is 3.63. The third-order valence-corrected chi connectivity index (χ3v) is 5.59. The molecule has 1 heterocycles. The number of carbonyl (C=O) groups is 3. The number of benzene rings is 2. The van der Waals surface area contributed by atoms with Crippen molar-refractivity contribution < 1.29 is 19.1 Å². The van der Waals surface area contributed by atoms with E-state index in [1.807, 2.05) is 56.3 Å². The summed E-state index contributed by atoms with van der Waals surface area (Å²) in [5.74, 6) is -0.133. The zero-order chi connectivity index (χ0) is 21.7. The maximum absolute atomic E-state index is 12.6. The lowest BCUT2D eigenvalue weighted by Gasteiger charge is -2.13. The molecule has 1 N–H and O–H groups in total. The maximum Gasteiger partial charge on any atom is 0.294 e. The summed E-state index contributed by atoms with van der Waals surface area (Å²) in [6.45, 7) is 5.60. The van der Waals surface area contributed by atoms with E-state index in [2.05, 4.69) is 12.2 Å². The van der Waals surface area contributed by atoms with Gasteiger partial charge in [0.2, 0.25) is 5.91 Å². The third kappa shape index (κ3) is 5.30. The monoisotopic (exact) mass is 424 g/mol. The Balaban J connectivity index is 1.65. The number of carbonyl (C=O) groups excluding carboxylic acids is 3. The third-order valence-electron chi connectivity index (χ3n) is 4.68. The summed E-state index contributed by atoms with van der Waals surface area (Å²) in [4.78, 5) is 38.5. The average molecular weight is 425 g/mol. The topological polar surface area (TPSA) is 75.7 Å². The van der Waals surface area contributed by atoms with Gasteiger partial charge in [-0.15, -0.1) is 0 Å². The minimum atomic E-state index is -0.468. The van der Waals surface area contributed by atoms with Gasteiger partial charge in [-0.2, -0.15) is 0 Å². The number of anilines is 1. The lowest BCUT2D eigenvalue weighted by atomic mass is 10.2. The van der Waals surface area contributed by atoms with Gasteiger partial charge >= 0.3 is 0 Å². The van der Waals surface area contributed by atoms with E-state index in [4.69, 9.17) is 4.74 Å². The molecule has 3 rings (SSSR count). The molecule has 30 heavy (non-hydrogen) atoms. The molecular formula is C23H24N2O4S. The van der Waals surface area contributed by atoms with Crippen molar-refractivity contribution in [3.05, 3.63) is 64.6 Å². The number of rotatable bonds is 7. The summed E-state index contributed by atoms with van der Waals surface area (Å²) in [5, 5.41) is 2.29. The molecule has 1 aliphatic heterocycles. The second-order valence-electron chi connectivity index (χ2n) is 7.04. The van der Waals surface area contributed by atoms with Crippen LogP contribution in [0.1, 0.15) is 31.4 Å². The Hall–Kier alpha value is -3.06. The van der Waals surface area contributed by atoms with E-state index in [1.165, 1.54) is 0 Å². The van der Waals surface area contributed by atoms with Gasteiger partial charge in [-0.25, -0.2) is 0 Å². The molecule has 0 aromatic heterocycles. The van der Waals surface area contributed by atoms with Gasteiger partial charge in [0, 0.05) is 5.69 Å². The Morgan fingerprint density at radius 2 is 1.87 bits per heavy atom. The van der Waals surface area contributed by atoms with E-state index in [0.717, 1.165) is 40.0 Å². The molecule has 1 atom stereocenters. The molecule has 0 saturated carbocycles. The van der Waals surface area contributed by atoms with Gasteiger partial charge in [0.25, 0.3) is 11.1 Å². The molecule has 3 amide bonds. The molecule has 2 aromatic rings. The largest absolute Gasteiger partial charge is 0.491 e. The summed E-state index contributed by atoms with van der Waals surface area (Å²) in [7, 11) is 0. The SMILES string of the molecule is CCC(C)Oc1ccc(C=C2SC(=O)N(CC(=O)Nc3ccccc3C)C2=O)cc1. The van der Waals surface area contributed by atoms with Crippen molar-refractivity contribution in [3.63, 3.8) is 0 Å². The number of nitrogens with one attached hydrogen (secondary N) is 1. The van der Waals surface area contributed by atoms with Crippen molar-refractivity contribution in [1.29, 1.82) is 0 Å². The normalized spacial score (nSPS) is 16.1. The van der Waals surface area contributed by atoms with Gasteiger partial charge in [0.1, 0.15) is 12.3 Å². The smallest absolute Gasteiger partial charge is 0.294 e.